The molecule has 3 aromatic heterocycles. The van der Waals surface area contributed by atoms with Crippen LogP contribution in [0.3, 0.4) is 0 Å². The molecule has 0 saturated carbocycles. The number of halogens is 1. The van der Waals surface area contributed by atoms with E-state index in [0.717, 1.165) is 19.3 Å². The predicted molar refractivity (Wildman–Crippen MR) is 109 cm³/mol. The monoisotopic (exact) mass is 526 g/mol. The Labute approximate surface area is 205 Å². The molecule has 0 unspecified atom stereocenters. The van der Waals surface area contributed by atoms with Crippen LogP contribution < -0.4 is 34.4 Å². The van der Waals surface area contributed by atoms with Crippen LogP contribution in [0.25, 0.3) is 0 Å². The summed E-state index contributed by atoms with van der Waals surface area (Å²) in [7, 11) is 6.17. The first-order chi connectivity index (χ1) is 15.0. The molecule has 0 fully saturated rings. The molecule has 0 amide bonds. The minimum absolute atomic E-state index is 0. The van der Waals surface area contributed by atoms with Crippen LogP contribution in [-0.4, -0.2) is 15.0 Å². The Bertz CT molecular complexity index is 861. The molecule has 33 heavy (non-hydrogen) atoms. The van der Waals surface area contributed by atoms with Gasteiger partial charge in [-0.15, -0.1) is 0 Å². The van der Waals surface area contributed by atoms with Crippen LogP contribution in [0, 0.1) is 0 Å². The van der Waals surface area contributed by atoms with E-state index >= 15 is 0 Å². The molecule has 12 heteroatoms. The van der Waals surface area contributed by atoms with Gasteiger partial charge in [-0.2, -0.15) is 0 Å². The third-order valence-corrected chi connectivity index (χ3v) is 4.38. The predicted octanol–water partition coefficient (Wildman–Crippen LogP) is -3.24. The number of H-pyrrole nitrogens is 3. The van der Waals surface area contributed by atoms with Crippen LogP contribution in [0.15, 0.2) is 37.2 Å². The molecule has 0 radical (unpaired) electrons. The van der Waals surface area contributed by atoms with Crippen LogP contribution >= 0.6 is 0 Å². The quantitative estimate of drug-likeness (QED) is 0.290. The molecular formula is C21H39ClCrN6O4. The molecular weight excluding hydrogens is 488 g/mol. The molecule has 0 spiro atoms. The fourth-order valence-electron chi connectivity index (χ4n) is 2.77. The third kappa shape index (κ3) is 17.2. The van der Waals surface area contributed by atoms with Gasteiger partial charge in [0, 0.05) is 19.3 Å². The number of aromatic amines is 3. The Balaban J connectivity index is 0. The molecule has 0 aliphatic rings. The molecule has 10 nitrogen and oxygen atoms in total. The molecule has 0 bridgehead atoms. The van der Waals surface area contributed by atoms with E-state index in [4.69, 9.17) is 15.9 Å². The number of hydrogen-bond donors (Lipinski definition) is 3. The van der Waals surface area contributed by atoms with E-state index < -0.39 is 13.6 Å². The van der Waals surface area contributed by atoms with Gasteiger partial charge in [0.1, 0.15) is 37.2 Å². The molecule has 3 aromatic rings. The van der Waals surface area contributed by atoms with E-state index in [-0.39, 0.29) is 12.4 Å². The van der Waals surface area contributed by atoms with Crippen molar-refractivity contribution < 1.29 is 55.6 Å². The summed E-state index contributed by atoms with van der Waals surface area (Å²) in [5.74, 6) is 3.91. The Kier molecular flexibility index (Phi) is 18.5. The Hall–Kier alpha value is -2.03. The van der Waals surface area contributed by atoms with Crippen molar-refractivity contribution in [2.75, 3.05) is 0 Å². The maximum atomic E-state index is 8.59. The first-order valence-corrected chi connectivity index (χ1v) is 12.8. The first kappa shape index (κ1) is 33.1. The van der Waals surface area contributed by atoms with Crippen molar-refractivity contribution in [2.45, 2.75) is 59.3 Å². The normalized spacial score (nSPS) is 9.94. The average molecular weight is 527 g/mol. The number of aromatic nitrogens is 6. The second-order valence-electron chi connectivity index (χ2n) is 7.21. The molecule has 3 rings (SSSR count). The maximum absolute atomic E-state index is 8.59. The van der Waals surface area contributed by atoms with Gasteiger partial charge < -0.3 is 12.4 Å². The SMILES string of the molecule is CCCc1[nH]cc[n+]1C.CCCc1[nH]cc[n+]1C.CCCc1[nH]cc[n+]1C.[Cl-].[O]=[Cr](=[O])([O-])[O-]. The van der Waals surface area contributed by atoms with Crippen molar-refractivity contribution in [2.24, 2.45) is 21.1 Å². The number of imidazole rings is 3. The van der Waals surface area contributed by atoms with Crippen LogP contribution in [0.5, 0.6) is 0 Å². The van der Waals surface area contributed by atoms with Crippen molar-refractivity contribution in [3.63, 3.8) is 0 Å². The number of nitrogens with zero attached hydrogens (tertiary/aromatic N) is 3. The topological polar surface area (TPSA) is 139 Å². The van der Waals surface area contributed by atoms with Crippen LogP contribution in [0.2, 0.25) is 0 Å². The fraction of sp³-hybridized carbons (Fsp3) is 0.571. The van der Waals surface area contributed by atoms with E-state index in [1.807, 2.05) is 37.2 Å². The first-order valence-electron chi connectivity index (χ1n) is 10.8. The zero-order chi connectivity index (χ0) is 24.6. The van der Waals surface area contributed by atoms with Gasteiger partial charge in [0.15, 0.2) is 0 Å². The van der Waals surface area contributed by atoms with Gasteiger partial charge in [0.2, 0.25) is 0 Å². The Morgan fingerprint density at radius 3 is 1.00 bits per heavy atom. The van der Waals surface area contributed by atoms with Crippen molar-refractivity contribution in [1.29, 1.82) is 0 Å². The summed E-state index contributed by atoms with van der Waals surface area (Å²) >= 11 is -5.75. The standard InChI is InChI=1S/3C7H12N2.ClH.Cr.4O/c3*1-3-4-7-8-5-6-9(7)2;;;;;;/h3*5-6H,3-4H2,1-2H3;1H;;;;;/q;;;;;;;2*-1/p+2. The molecule has 0 saturated heterocycles. The molecule has 0 atom stereocenters. The van der Waals surface area contributed by atoms with Gasteiger partial charge >= 0.3 is 29.5 Å². The van der Waals surface area contributed by atoms with Crippen LogP contribution in [0.4, 0.5) is 0 Å². The van der Waals surface area contributed by atoms with Crippen molar-refractivity contribution in [3.05, 3.63) is 54.7 Å². The number of rotatable bonds is 6. The average Bonchev–Trinajstić information content (AvgIpc) is 3.41. The zero-order valence-corrected chi connectivity index (χ0v) is 22.5. The Morgan fingerprint density at radius 1 is 0.667 bits per heavy atom. The van der Waals surface area contributed by atoms with Gasteiger partial charge in [0.05, 0.1) is 21.1 Å². The summed E-state index contributed by atoms with van der Waals surface area (Å²) in [6, 6.07) is 0. The van der Waals surface area contributed by atoms with Gasteiger partial charge in [-0.3, -0.25) is 0 Å². The van der Waals surface area contributed by atoms with Crippen molar-refractivity contribution in [1.82, 2.24) is 15.0 Å². The van der Waals surface area contributed by atoms with Gasteiger partial charge in [-0.05, 0) is 19.3 Å². The summed E-state index contributed by atoms with van der Waals surface area (Å²) in [4.78, 5) is 9.51. The second kappa shape index (κ2) is 18.4. The van der Waals surface area contributed by atoms with E-state index in [1.165, 1.54) is 36.7 Å². The summed E-state index contributed by atoms with van der Waals surface area (Å²) in [5, 5.41) is 0. The fourth-order valence-corrected chi connectivity index (χ4v) is 2.77. The second-order valence-corrected chi connectivity index (χ2v) is 8.49. The molecule has 3 heterocycles. The van der Waals surface area contributed by atoms with E-state index in [1.54, 1.807) is 0 Å². The molecule has 3 N–H and O–H groups in total. The van der Waals surface area contributed by atoms with Crippen LogP contribution in [0.1, 0.15) is 57.5 Å². The molecule has 0 aliphatic heterocycles. The molecule has 190 valence electrons. The summed E-state index contributed by atoms with van der Waals surface area (Å²) < 4.78 is 40.7. The third-order valence-electron chi connectivity index (χ3n) is 4.38. The Morgan fingerprint density at radius 2 is 0.879 bits per heavy atom. The van der Waals surface area contributed by atoms with E-state index in [2.05, 4.69) is 70.6 Å². The molecule has 0 aliphatic carbocycles. The van der Waals surface area contributed by atoms with E-state index in [9.17, 15) is 0 Å². The summed E-state index contributed by atoms with van der Waals surface area (Å²) in [5.41, 5.74) is 0. The number of aryl methyl sites for hydroxylation is 6. The summed E-state index contributed by atoms with van der Waals surface area (Å²) in [6.45, 7) is 6.54. The number of nitrogens with one attached hydrogen (secondary N) is 3. The minimum atomic E-state index is -5.75. The van der Waals surface area contributed by atoms with Crippen LogP contribution in [-0.2, 0) is 61.6 Å². The number of hydrogen-bond acceptors (Lipinski definition) is 4. The zero-order valence-electron chi connectivity index (χ0n) is 20.5. The summed E-state index contributed by atoms with van der Waals surface area (Å²) in [6.07, 6.45) is 19.0. The van der Waals surface area contributed by atoms with Gasteiger partial charge in [-0.1, -0.05) is 20.8 Å². The van der Waals surface area contributed by atoms with Gasteiger partial charge in [0.25, 0.3) is 17.5 Å². The van der Waals surface area contributed by atoms with Gasteiger partial charge in [-0.25, -0.2) is 28.7 Å². The molecule has 0 aromatic carbocycles. The van der Waals surface area contributed by atoms with E-state index in [0.29, 0.717) is 0 Å². The van der Waals surface area contributed by atoms with Crippen molar-refractivity contribution >= 4 is 0 Å². The van der Waals surface area contributed by atoms with Crippen molar-refractivity contribution in [3.8, 4) is 0 Å².